The molecule has 3 aromatic rings. The maximum Gasteiger partial charge on any atom is 0.173 e. The average Bonchev–Trinajstić information content (AvgIpc) is 3.24. The van der Waals surface area contributed by atoms with Crippen molar-refractivity contribution in [1.82, 2.24) is 25.1 Å². The molecule has 6 heteroatoms. The van der Waals surface area contributed by atoms with E-state index in [0.29, 0.717) is 0 Å². The fraction of sp³-hybridized carbons (Fsp3) is 0.435. The van der Waals surface area contributed by atoms with Gasteiger partial charge in [0.15, 0.2) is 5.82 Å². The highest BCUT2D eigenvalue weighted by atomic mass is 16.5. The SMILES string of the molecule is CCC(C)(C)n1nnnc1[C@@H](c1ccccc1OC)N1CCc2ccccc2C1. The van der Waals surface area contributed by atoms with Gasteiger partial charge >= 0.3 is 0 Å². The highest BCUT2D eigenvalue weighted by Gasteiger charge is 2.35. The van der Waals surface area contributed by atoms with Gasteiger partial charge in [-0.2, -0.15) is 0 Å². The lowest BCUT2D eigenvalue weighted by Crippen LogP contribution is -2.38. The van der Waals surface area contributed by atoms with Crippen molar-refractivity contribution in [1.29, 1.82) is 0 Å². The molecule has 0 amide bonds. The molecule has 1 aliphatic rings. The minimum atomic E-state index is -0.174. The Balaban J connectivity index is 1.83. The van der Waals surface area contributed by atoms with Gasteiger partial charge in [-0.05, 0) is 54.3 Å². The predicted molar refractivity (Wildman–Crippen MR) is 113 cm³/mol. The Kier molecular flexibility index (Phi) is 5.37. The van der Waals surface area contributed by atoms with Crippen LogP contribution in [0.4, 0.5) is 0 Å². The molecule has 2 aromatic carbocycles. The van der Waals surface area contributed by atoms with Crippen molar-refractivity contribution in [2.75, 3.05) is 13.7 Å². The first-order valence-corrected chi connectivity index (χ1v) is 10.3. The van der Waals surface area contributed by atoms with Gasteiger partial charge in [0.05, 0.1) is 12.6 Å². The molecule has 0 aliphatic carbocycles. The number of nitrogens with zero attached hydrogens (tertiary/aromatic N) is 5. The Morgan fingerprint density at radius 2 is 1.79 bits per heavy atom. The lowest BCUT2D eigenvalue weighted by Gasteiger charge is -2.37. The van der Waals surface area contributed by atoms with Crippen molar-refractivity contribution in [3.8, 4) is 5.75 Å². The molecule has 4 rings (SSSR count). The van der Waals surface area contributed by atoms with Crippen LogP contribution in [0.1, 0.15) is 55.7 Å². The first-order valence-electron chi connectivity index (χ1n) is 10.3. The van der Waals surface area contributed by atoms with E-state index in [1.54, 1.807) is 7.11 Å². The van der Waals surface area contributed by atoms with E-state index in [0.717, 1.165) is 43.1 Å². The van der Waals surface area contributed by atoms with Crippen LogP contribution in [0.25, 0.3) is 0 Å². The number of ether oxygens (including phenoxy) is 1. The van der Waals surface area contributed by atoms with Gasteiger partial charge in [-0.3, -0.25) is 4.90 Å². The maximum absolute atomic E-state index is 5.73. The van der Waals surface area contributed by atoms with Gasteiger partial charge < -0.3 is 4.74 Å². The third kappa shape index (κ3) is 3.65. The summed E-state index contributed by atoms with van der Waals surface area (Å²) in [5, 5.41) is 13.0. The number of benzene rings is 2. The molecule has 0 fully saturated rings. The number of hydrogen-bond acceptors (Lipinski definition) is 5. The molecule has 1 aliphatic heterocycles. The zero-order valence-corrected chi connectivity index (χ0v) is 17.7. The van der Waals surface area contributed by atoms with Crippen molar-refractivity contribution >= 4 is 0 Å². The number of fused-ring (bicyclic) bond motifs is 1. The number of tetrazole rings is 1. The molecule has 0 N–H and O–H groups in total. The Labute approximate surface area is 172 Å². The smallest absolute Gasteiger partial charge is 0.173 e. The number of methoxy groups -OCH3 is 1. The molecule has 152 valence electrons. The maximum atomic E-state index is 5.73. The van der Waals surface area contributed by atoms with E-state index in [1.165, 1.54) is 11.1 Å². The van der Waals surface area contributed by atoms with Gasteiger partial charge in [-0.15, -0.1) is 5.10 Å². The quantitative estimate of drug-likeness (QED) is 0.636. The van der Waals surface area contributed by atoms with E-state index in [4.69, 9.17) is 4.74 Å². The third-order valence-corrected chi connectivity index (χ3v) is 6.14. The van der Waals surface area contributed by atoms with E-state index in [9.17, 15) is 0 Å². The topological polar surface area (TPSA) is 56.1 Å². The summed E-state index contributed by atoms with van der Waals surface area (Å²) in [6, 6.07) is 16.8. The Hall–Kier alpha value is -2.73. The molecule has 0 unspecified atom stereocenters. The van der Waals surface area contributed by atoms with Gasteiger partial charge in [0, 0.05) is 18.7 Å². The second-order valence-electron chi connectivity index (χ2n) is 8.25. The fourth-order valence-corrected chi connectivity index (χ4v) is 4.07. The first-order chi connectivity index (χ1) is 14.0. The summed E-state index contributed by atoms with van der Waals surface area (Å²) in [5.74, 6) is 1.72. The summed E-state index contributed by atoms with van der Waals surface area (Å²) in [4.78, 5) is 2.47. The van der Waals surface area contributed by atoms with Crippen molar-refractivity contribution in [2.45, 2.75) is 51.7 Å². The molecule has 1 aromatic heterocycles. The fourth-order valence-electron chi connectivity index (χ4n) is 4.07. The van der Waals surface area contributed by atoms with Crippen molar-refractivity contribution in [3.05, 3.63) is 71.0 Å². The van der Waals surface area contributed by atoms with E-state index in [2.05, 4.69) is 77.6 Å². The number of rotatable bonds is 6. The van der Waals surface area contributed by atoms with Gasteiger partial charge in [0.1, 0.15) is 11.8 Å². The molecule has 1 atom stereocenters. The van der Waals surface area contributed by atoms with Crippen LogP contribution in [0.15, 0.2) is 48.5 Å². The summed E-state index contributed by atoms with van der Waals surface area (Å²) < 4.78 is 7.72. The molecule has 2 heterocycles. The van der Waals surface area contributed by atoms with Crippen LogP contribution in [0.3, 0.4) is 0 Å². The second-order valence-corrected chi connectivity index (χ2v) is 8.25. The van der Waals surface area contributed by atoms with Crippen LogP contribution in [-0.4, -0.2) is 38.8 Å². The molecule has 0 bridgehead atoms. The second kappa shape index (κ2) is 7.95. The number of aromatic nitrogens is 4. The molecule has 6 nitrogen and oxygen atoms in total. The zero-order chi connectivity index (χ0) is 20.4. The average molecular weight is 392 g/mol. The van der Waals surface area contributed by atoms with Crippen LogP contribution >= 0.6 is 0 Å². The van der Waals surface area contributed by atoms with Crippen molar-refractivity contribution < 1.29 is 4.74 Å². The molecule has 0 saturated carbocycles. The molecule has 0 spiro atoms. The molecular weight excluding hydrogens is 362 g/mol. The third-order valence-electron chi connectivity index (χ3n) is 6.14. The molecule has 0 radical (unpaired) electrons. The first kappa shape index (κ1) is 19.6. The lowest BCUT2D eigenvalue weighted by atomic mass is 9.94. The van der Waals surface area contributed by atoms with E-state index >= 15 is 0 Å². The summed E-state index contributed by atoms with van der Waals surface area (Å²) >= 11 is 0. The summed E-state index contributed by atoms with van der Waals surface area (Å²) in [7, 11) is 1.72. The van der Waals surface area contributed by atoms with Crippen molar-refractivity contribution in [2.24, 2.45) is 0 Å². The minimum absolute atomic E-state index is 0.0830. The summed E-state index contributed by atoms with van der Waals surface area (Å²) in [6.45, 7) is 8.33. The highest BCUT2D eigenvalue weighted by molar-refractivity contribution is 5.40. The largest absolute Gasteiger partial charge is 0.496 e. The van der Waals surface area contributed by atoms with Crippen LogP contribution in [0.2, 0.25) is 0 Å². The molecular formula is C23H29N5O. The van der Waals surface area contributed by atoms with Gasteiger partial charge in [0.2, 0.25) is 0 Å². The Bertz CT molecular complexity index is 981. The standard InChI is InChI=1S/C23H29N5O/c1-5-23(2,3)28-22(24-25-26-28)21(19-12-8-9-13-20(19)29-4)27-15-14-17-10-6-7-11-18(17)16-27/h6-13,21H,5,14-16H2,1-4H3/t21-/m1/s1. The molecule has 0 saturated heterocycles. The van der Waals surface area contributed by atoms with Crippen LogP contribution in [-0.2, 0) is 18.5 Å². The number of hydrogen-bond donors (Lipinski definition) is 0. The monoisotopic (exact) mass is 391 g/mol. The normalized spacial score (nSPS) is 15.7. The van der Waals surface area contributed by atoms with E-state index in [-0.39, 0.29) is 11.6 Å². The lowest BCUT2D eigenvalue weighted by molar-refractivity contribution is 0.179. The summed E-state index contributed by atoms with van der Waals surface area (Å²) in [5.41, 5.74) is 3.72. The minimum Gasteiger partial charge on any atom is -0.496 e. The Morgan fingerprint density at radius 1 is 1.07 bits per heavy atom. The van der Waals surface area contributed by atoms with Crippen LogP contribution < -0.4 is 4.74 Å². The van der Waals surface area contributed by atoms with E-state index in [1.807, 2.05) is 16.8 Å². The number of para-hydroxylation sites is 1. The molecule has 29 heavy (non-hydrogen) atoms. The van der Waals surface area contributed by atoms with Gasteiger partial charge in [-0.1, -0.05) is 49.4 Å². The zero-order valence-electron chi connectivity index (χ0n) is 17.7. The van der Waals surface area contributed by atoms with Crippen LogP contribution in [0.5, 0.6) is 5.75 Å². The summed E-state index contributed by atoms with van der Waals surface area (Å²) in [6.07, 6.45) is 1.95. The van der Waals surface area contributed by atoms with Gasteiger partial charge in [-0.25, -0.2) is 4.68 Å². The highest BCUT2D eigenvalue weighted by Crippen LogP contribution is 2.37. The van der Waals surface area contributed by atoms with Crippen molar-refractivity contribution in [3.63, 3.8) is 0 Å². The van der Waals surface area contributed by atoms with Gasteiger partial charge in [0.25, 0.3) is 0 Å². The Morgan fingerprint density at radius 3 is 2.55 bits per heavy atom. The predicted octanol–water partition coefficient (Wildman–Crippen LogP) is 3.97. The van der Waals surface area contributed by atoms with E-state index < -0.39 is 0 Å². The van der Waals surface area contributed by atoms with Crippen LogP contribution in [0, 0.1) is 0 Å².